The lowest BCUT2D eigenvalue weighted by atomic mass is 9.94. The predicted octanol–water partition coefficient (Wildman–Crippen LogP) is 5.59. The number of halogens is 2. The minimum Gasteiger partial charge on any atom is -0.0843 e. The van der Waals surface area contributed by atoms with E-state index in [-0.39, 0.29) is 0 Å². The zero-order valence-corrected chi connectivity index (χ0v) is 11.7. The molecule has 0 amide bonds. The Morgan fingerprint density at radius 3 is 2.06 bits per heavy atom. The second-order valence-corrected chi connectivity index (χ2v) is 5.15. The van der Waals surface area contributed by atoms with E-state index in [1.165, 1.54) is 22.3 Å². The summed E-state index contributed by atoms with van der Waals surface area (Å²) in [6, 6.07) is 10.00. The van der Waals surface area contributed by atoms with Gasteiger partial charge in [0, 0.05) is 10.0 Å². The Balaban J connectivity index is 2.65. The van der Waals surface area contributed by atoms with Crippen LogP contribution in [-0.4, -0.2) is 0 Å². The molecule has 0 aliphatic carbocycles. The van der Waals surface area contributed by atoms with Gasteiger partial charge in [-0.2, -0.15) is 0 Å². The maximum absolute atomic E-state index is 6.12. The molecule has 0 spiro atoms. The Morgan fingerprint density at radius 2 is 1.41 bits per heavy atom. The summed E-state index contributed by atoms with van der Waals surface area (Å²) < 4.78 is 0. The first-order chi connectivity index (χ1) is 8.00. The van der Waals surface area contributed by atoms with Crippen LogP contribution in [-0.2, 0) is 0 Å². The van der Waals surface area contributed by atoms with E-state index >= 15 is 0 Å². The van der Waals surface area contributed by atoms with Crippen molar-refractivity contribution < 1.29 is 0 Å². The summed E-state index contributed by atoms with van der Waals surface area (Å²) in [5.41, 5.74) is 5.98. The molecular weight excluding hydrogens is 251 g/mol. The molecule has 0 radical (unpaired) electrons. The molecule has 0 saturated heterocycles. The average Bonchev–Trinajstić information content (AvgIpc) is 2.28. The first kappa shape index (κ1) is 12.5. The Labute approximate surface area is 112 Å². The van der Waals surface area contributed by atoms with Gasteiger partial charge in [0.2, 0.25) is 0 Å². The van der Waals surface area contributed by atoms with E-state index in [1.807, 2.05) is 25.1 Å². The molecule has 0 atom stereocenters. The summed E-state index contributed by atoms with van der Waals surface area (Å²) in [6.07, 6.45) is 0. The summed E-state index contributed by atoms with van der Waals surface area (Å²) in [5.74, 6) is 0. The van der Waals surface area contributed by atoms with Crippen LogP contribution >= 0.6 is 23.2 Å². The summed E-state index contributed by atoms with van der Waals surface area (Å²) in [5, 5.41) is 1.59. The molecule has 0 nitrogen and oxygen atoms in total. The lowest BCUT2D eigenvalue weighted by molar-refractivity contribution is 1.33. The van der Waals surface area contributed by atoms with Crippen molar-refractivity contribution in [3.8, 4) is 11.1 Å². The highest BCUT2D eigenvalue weighted by Gasteiger charge is 2.09. The maximum Gasteiger partial charge on any atom is 0.0438 e. The van der Waals surface area contributed by atoms with Crippen molar-refractivity contribution in [1.82, 2.24) is 0 Å². The zero-order chi connectivity index (χ0) is 12.6. The van der Waals surface area contributed by atoms with E-state index in [1.54, 1.807) is 0 Å². The Hall–Kier alpha value is -0.980. The molecule has 0 bridgehead atoms. The molecule has 0 fully saturated rings. The Kier molecular flexibility index (Phi) is 3.46. The lowest BCUT2D eigenvalue weighted by Gasteiger charge is -2.13. The molecule has 0 aliphatic heterocycles. The van der Waals surface area contributed by atoms with Gasteiger partial charge in [0.25, 0.3) is 0 Å². The molecule has 2 heteroatoms. The highest BCUT2D eigenvalue weighted by atomic mass is 35.5. The van der Waals surface area contributed by atoms with E-state index < -0.39 is 0 Å². The number of hydrogen-bond acceptors (Lipinski definition) is 0. The molecule has 0 saturated carbocycles. The summed E-state index contributed by atoms with van der Waals surface area (Å²) in [6.45, 7) is 6.22. The SMILES string of the molecule is Cc1cc(Cl)ccc1-c1ccc(Cl)c(C)c1C. The van der Waals surface area contributed by atoms with Gasteiger partial charge in [-0.05, 0) is 66.8 Å². The van der Waals surface area contributed by atoms with Gasteiger partial charge in [-0.3, -0.25) is 0 Å². The van der Waals surface area contributed by atoms with E-state index in [2.05, 4.69) is 26.0 Å². The van der Waals surface area contributed by atoms with Crippen LogP contribution in [0.2, 0.25) is 10.0 Å². The molecule has 0 heterocycles. The van der Waals surface area contributed by atoms with Crippen LogP contribution in [0.3, 0.4) is 0 Å². The van der Waals surface area contributed by atoms with Gasteiger partial charge >= 0.3 is 0 Å². The largest absolute Gasteiger partial charge is 0.0843 e. The van der Waals surface area contributed by atoms with Gasteiger partial charge in [-0.1, -0.05) is 35.3 Å². The number of hydrogen-bond donors (Lipinski definition) is 0. The van der Waals surface area contributed by atoms with Gasteiger partial charge in [0.1, 0.15) is 0 Å². The Morgan fingerprint density at radius 1 is 0.765 bits per heavy atom. The third-order valence-corrected chi connectivity index (χ3v) is 3.84. The molecule has 0 aromatic heterocycles. The van der Waals surface area contributed by atoms with Crippen LogP contribution in [0, 0.1) is 20.8 Å². The second-order valence-electron chi connectivity index (χ2n) is 4.30. The first-order valence-corrected chi connectivity index (χ1v) is 6.28. The summed E-state index contributed by atoms with van der Waals surface area (Å²) in [4.78, 5) is 0. The van der Waals surface area contributed by atoms with Crippen LogP contribution in [0.4, 0.5) is 0 Å². The van der Waals surface area contributed by atoms with E-state index in [9.17, 15) is 0 Å². The minimum atomic E-state index is 0.773. The number of rotatable bonds is 1. The van der Waals surface area contributed by atoms with Crippen LogP contribution < -0.4 is 0 Å². The third kappa shape index (κ3) is 2.34. The normalized spacial score (nSPS) is 10.6. The van der Waals surface area contributed by atoms with Crippen molar-refractivity contribution in [2.75, 3.05) is 0 Å². The zero-order valence-electron chi connectivity index (χ0n) is 10.1. The topological polar surface area (TPSA) is 0 Å². The molecule has 2 aromatic carbocycles. The average molecular weight is 265 g/mol. The van der Waals surface area contributed by atoms with Crippen molar-refractivity contribution in [3.63, 3.8) is 0 Å². The minimum absolute atomic E-state index is 0.773. The van der Waals surface area contributed by atoms with Crippen molar-refractivity contribution in [2.24, 2.45) is 0 Å². The Bertz CT molecular complexity index is 571. The highest BCUT2D eigenvalue weighted by molar-refractivity contribution is 6.31. The van der Waals surface area contributed by atoms with Crippen LogP contribution in [0.1, 0.15) is 16.7 Å². The van der Waals surface area contributed by atoms with Gasteiger partial charge in [0.15, 0.2) is 0 Å². The van der Waals surface area contributed by atoms with E-state index in [0.29, 0.717) is 0 Å². The third-order valence-electron chi connectivity index (χ3n) is 3.20. The van der Waals surface area contributed by atoms with Crippen LogP contribution in [0.25, 0.3) is 11.1 Å². The van der Waals surface area contributed by atoms with Crippen molar-refractivity contribution in [1.29, 1.82) is 0 Å². The maximum atomic E-state index is 6.12. The molecule has 17 heavy (non-hydrogen) atoms. The fourth-order valence-electron chi connectivity index (χ4n) is 2.01. The molecule has 2 aromatic rings. The molecule has 0 N–H and O–H groups in total. The van der Waals surface area contributed by atoms with Gasteiger partial charge in [-0.25, -0.2) is 0 Å². The van der Waals surface area contributed by atoms with Gasteiger partial charge in [-0.15, -0.1) is 0 Å². The quantitative estimate of drug-likeness (QED) is 0.630. The van der Waals surface area contributed by atoms with E-state index in [4.69, 9.17) is 23.2 Å². The smallest absolute Gasteiger partial charge is 0.0438 e. The van der Waals surface area contributed by atoms with Crippen LogP contribution in [0.15, 0.2) is 30.3 Å². The van der Waals surface area contributed by atoms with Crippen LogP contribution in [0.5, 0.6) is 0 Å². The van der Waals surface area contributed by atoms with Crippen molar-refractivity contribution in [3.05, 3.63) is 57.1 Å². The molecule has 0 aliphatic rings. The molecular formula is C15H14Cl2. The van der Waals surface area contributed by atoms with Crippen molar-refractivity contribution >= 4 is 23.2 Å². The van der Waals surface area contributed by atoms with Crippen molar-refractivity contribution in [2.45, 2.75) is 20.8 Å². The molecule has 0 unspecified atom stereocenters. The monoisotopic (exact) mass is 264 g/mol. The standard InChI is InChI=1S/C15H14Cl2/c1-9-8-12(16)4-5-13(9)14-6-7-15(17)11(3)10(14)2/h4-8H,1-3H3. The number of aryl methyl sites for hydroxylation is 1. The molecule has 88 valence electrons. The fourth-order valence-corrected chi connectivity index (χ4v) is 2.44. The molecule has 2 rings (SSSR count). The fraction of sp³-hybridized carbons (Fsp3) is 0.200. The highest BCUT2D eigenvalue weighted by Crippen LogP contribution is 2.32. The lowest BCUT2D eigenvalue weighted by Crippen LogP contribution is -1.90. The van der Waals surface area contributed by atoms with Gasteiger partial charge < -0.3 is 0 Å². The van der Waals surface area contributed by atoms with Gasteiger partial charge in [0.05, 0.1) is 0 Å². The number of benzene rings is 2. The summed E-state index contributed by atoms with van der Waals surface area (Å²) >= 11 is 12.1. The second kappa shape index (κ2) is 4.72. The first-order valence-electron chi connectivity index (χ1n) is 5.53. The predicted molar refractivity (Wildman–Crippen MR) is 76.1 cm³/mol. The summed E-state index contributed by atoms with van der Waals surface area (Å²) in [7, 11) is 0. The van der Waals surface area contributed by atoms with E-state index in [0.717, 1.165) is 15.6 Å².